The fourth-order valence-electron chi connectivity index (χ4n) is 7.69. The summed E-state index contributed by atoms with van der Waals surface area (Å²) in [6.45, 7) is 6.95. The van der Waals surface area contributed by atoms with Gasteiger partial charge in [0.05, 0.1) is 0 Å². The van der Waals surface area contributed by atoms with Gasteiger partial charge in [-0.2, -0.15) is 0 Å². The maximum absolute atomic E-state index is 7.28. The summed E-state index contributed by atoms with van der Waals surface area (Å²) in [6, 6.07) is 0. The van der Waals surface area contributed by atoms with Gasteiger partial charge in [0.1, 0.15) is 0 Å². The van der Waals surface area contributed by atoms with Crippen LogP contribution in [0.1, 0.15) is 191 Å². The van der Waals surface area contributed by atoms with Crippen molar-refractivity contribution in [3.8, 4) is 19.8 Å². The zero-order chi connectivity index (χ0) is 40.2. The van der Waals surface area contributed by atoms with E-state index in [1.54, 1.807) is 22.7 Å². The van der Waals surface area contributed by atoms with E-state index in [0.29, 0.717) is 0 Å². The summed E-state index contributed by atoms with van der Waals surface area (Å²) in [5.74, 6) is 0. The molecule has 314 valence electrons. The molecule has 0 saturated heterocycles. The summed E-state index contributed by atoms with van der Waals surface area (Å²) in [7, 11) is 0. The molecule has 0 amide bonds. The third-order valence-corrected chi connectivity index (χ3v) is 30.7. The number of fused-ring (bicyclic) bond motifs is 1. The van der Waals surface area contributed by atoms with Crippen molar-refractivity contribution in [1.82, 2.24) is 9.97 Å². The molecule has 56 heavy (non-hydrogen) atoms. The molecule has 0 atom stereocenters. The van der Waals surface area contributed by atoms with Crippen molar-refractivity contribution in [2.24, 2.45) is 0 Å². The second kappa shape index (κ2) is 27.9. The molecule has 2 radical (unpaired) electrons. The number of thiophene rings is 2. The number of aromatic nitrogens is 2. The Morgan fingerprint density at radius 2 is 0.857 bits per heavy atom. The molecule has 0 aliphatic carbocycles. The summed E-state index contributed by atoms with van der Waals surface area (Å²) in [5, 5.41) is 4.39. The molecule has 0 aliphatic heterocycles. The fourth-order valence-corrected chi connectivity index (χ4v) is 24.3. The van der Waals surface area contributed by atoms with Gasteiger partial charge in [-0.05, 0) is 0 Å². The summed E-state index contributed by atoms with van der Waals surface area (Å²) in [6.07, 6.45) is 35.1. The molecule has 4 heterocycles. The number of thiazole rings is 2. The van der Waals surface area contributed by atoms with E-state index in [0.717, 1.165) is 42.6 Å². The number of halogens is 2. The van der Waals surface area contributed by atoms with Gasteiger partial charge in [0.15, 0.2) is 0 Å². The Kier molecular flexibility index (Phi) is 24.8. The summed E-state index contributed by atoms with van der Waals surface area (Å²) < 4.78 is 4.09. The minimum absolute atomic E-state index is 0.403. The second-order valence-corrected chi connectivity index (χ2v) is 41.8. The van der Waals surface area contributed by atoms with Crippen LogP contribution in [0.5, 0.6) is 0 Å². The van der Waals surface area contributed by atoms with Gasteiger partial charge in [-0.1, -0.05) is 71.6 Å². The second-order valence-electron chi connectivity index (χ2n) is 17.2. The first-order chi connectivity index (χ1) is 27.2. The van der Waals surface area contributed by atoms with Crippen molar-refractivity contribution in [2.75, 3.05) is 0 Å². The minimum atomic E-state index is -2.40. The Hall–Kier alpha value is 1.10. The zero-order valence-electron chi connectivity index (χ0n) is 36.1. The van der Waals surface area contributed by atoms with Crippen LogP contribution in [-0.2, 0) is 17.3 Å². The van der Waals surface area contributed by atoms with Crippen LogP contribution in [0, 0.1) is 0 Å². The predicted octanol–water partition coefficient (Wildman–Crippen LogP) is 18.2. The first-order valence-electron chi connectivity index (χ1n) is 22.8. The molecule has 2 nitrogen and oxygen atoms in total. The van der Waals surface area contributed by atoms with Crippen LogP contribution in [0.25, 0.3) is 29.4 Å². The van der Waals surface area contributed by atoms with Crippen molar-refractivity contribution in [3.63, 3.8) is 0 Å². The Labute approximate surface area is 383 Å². The van der Waals surface area contributed by atoms with Crippen molar-refractivity contribution >= 4 is 121 Å². The third-order valence-electron chi connectivity index (χ3n) is 11.1. The van der Waals surface area contributed by atoms with Crippen LogP contribution in [0.4, 0.5) is 0 Å². The summed E-state index contributed by atoms with van der Waals surface area (Å²) in [5.41, 5.74) is 2.74. The summed E-state index contributed by atoms with van der Waals surface area (Å²) >= 11 is 19.2. The van der Waals surface area contributed by atoms with E-state index >= 15 is 0 Å². The van der Waals surface area contributed by atoms with Crippen molar-refractivity contribution in [3.05, 3.63) is 26.0 Å². The van der Waals surface area contributed by atoms with Gasteiger partial charge in [0.25, 0.3) is 0 Å². The molecule has 0 aliphatic rings. The molecule has 0 spiro atoms. The number of hydrogen-bond donors (Lipinski definition) is 0. The third kappa shape index (κ3) is 16.4. The molecule has 4 aromatic rings. The van der Waals surface area contributed by atoms with E-state index in [2.05, 4.69) is 35.6 Å². The first-order valence-corrected chi connectivity index (χ1v) is 40.8. The van der Waals surface area contributed by atoms with Gasteiger partial charge >= 0.3 is 316 Å². The van der Waals surface area contributed by atoms with E-state index in [-0.39, 0.29) is 0 Å². The molecular formula is C46H74Cl2N2S4Sn2. The Morgan fingerprint density at radius 1 is 0.482 bits per heavy atom. The van der Waals surface area contributed by atoms with Gasteiger partial charge in [-0.3, -0.25) is 0 Å². The van der Waals surface area contributed by atoms with Crippen LogP contribution < -0.4 is 2.89 Å². The normalized spacial score (nSPS) is 12.2. The average Bonchev–Trinajstić information content (AvgIpc) is 3.92. The van der Waals surface area contributed by atoms with Crippen LogP contribution in [0.15, 0.2) is 0 Å². The van der Waals surface area contributed by atoms with Gasteiger partial charge in [-0.25, -0.2) is 0 Å². The van der Waals surface area contributed by atoms with Crippen molar-refractivity contribution in [1.29, 1.82) is 0 Å². The van der Waals surface area contributed by atoms with E-state index in [4.69, 9.17) is 33.2 Å². The fraction of sp³-hybridized carbons (Fsp3) is 0.739. The number of nitrogens with zero attached hydrogens (tertiary/aromatic N) is 2. The van der Waals surface area contributed by atoms with E-state index in [1.165, 1.54) is 192 Å². The van der Waals surface area contributed by atoms with Crippen LogP contribution in [0.2, 0.25) is 29.3 Å². The molecule has 0 saturated carbocycles. The van der Waals surface area contributed by atoms with Crippen LogP contribution in [0.3, 0.4) is 0 Å². The molecule has 0 aromatic carbocycles. The summed E-state index contributed by atoms with van der Waals surface area (Å²) in [4.78, 5) is 24.3. The predicted molar refractivity (Wildman–Crippen MR) is 264 cm³/mol. The van der Waals surface area contributed by atoms with Gasteiger partial charge < -0.3 is 0 Å². The Bertz CT molecular complexity index is 1640. The topological polar surface area (TPSA) is 25.8 Å². The first kappa shape index (κ1) is 49.7. The monoisotopic (exact) mass is 1090 g/mol. The molecule has 10 heteroatoms. The van der Waals surface area contributed by atoms with E-state index in [9.17, 15) is 0 Å². The molecule has 4 aromatic heterocycles. The molecule has 0 fully saturated rings. The van der Waals surface area contributed by atoms with E-state index in [1.807, 2.05) is 22.7 Å². The zero-order valence-corrected chi connectivity index (χ0v) is 46.6. The number of rotatable bonds is 32. The van der Waals surface area contributed by atoms with Gasteiger partial charge in [-0.15, -0.1) is 0 Å². The Balaban J connectivity index is 1.37. The van der Waals surface area contributed by atoms with Crippen molar-refractivity contribution < 1.29 is 0 Å². The number of hydrogen-bond acceptors (Lipinski definition) is 6. The quantitative estimate of drug-likeness (QED) is 0.0360. The van der Waals surface area contributed by atoms with Crippen LogP contribution >= 0.6 is 68.5 Å². The molecule has 0 N–H and O–H groups in total. The SMILES string of the molecule is CCCCCCCCCCCCCCc1c(-c2nc3sc(-c4s[c]([Sn]([CH3])([CH3])[CH3])c(Cl)c4CCCCCCCCCCCCCC)nc3s2)sc([CH2][Sn][CH2]C)c1Cl. The average molecular weight is 1090 g/mol. The van der Waals surface area contributed by atoms with E-state index < -0.39 is 39.5 Å². The standard InChI is InChI=1S/C41H60Cl2N2S4.C2H5.3CH3.2Sn/c1-4-6-8-10-12-14-16-18-20-22-24-26-28-32-34(42)30-46-36(32)38-44-40-41(48-38)45-39(49-40)37-33(35(43)31(3)47-37)29-27-25-23-21-19-17-15-13-11-9-7-5-2;1-2;;;;;/h3-29H2,1-2H3;1H2,2H3;3*1H3;;. The Morgan fingerprint density at radius 3 is 1.25 bits per heavy atom. The van der Waals surface area contributed by atoms with Gasteiger partial charge in [0.2, 0.25) is 0 Å². The molecular weight excluding hydrogens is 1020 g/mol. The molecule has 4 rings (SSSR count). The van der Waals surface area contributed by atoms with Gasteiger partial charge in [0, 0.05) is 0 Å². The number of unbranched alkanes of at least 4 members (excludes halogenated alkanes) is 22. The molecule has 0 bridgehead atoms. The van der Waals surface area contributed by atoms with Crippen LogP contribution in [-0.4, -0.2) is 49.5 Å². The maximum atomic E-state index is 7.28. The molecule has 0 unspecified atom stereocenters. The van der Waals surface area contributed by atoms with Crippen molar-refractivity contribution in [2.45, 2.75) is 211 Å².